The second kappa shape index (κ2) is 8.94. The Bertz CT molecular complexity index is 376. The third-order valence-electron chi connectivity index (χ3n) is 3.45. The van der Waals surface area contributed by atoms with Gasteiger partial charge in [0.05, 0.1) is 19.8 Å². The molecular weight excluding hydrogens is 320 g/mol. The number of hydrogen-bond donors (Lipinski definition) is 8. The number of ketones is 1. The van der Waals surface area contributed by atoms with Gasteiger partial charge in [-0.05, 0) is 0 Å². The molecule has 1 rings (SSSR count). The van der Waals surface area contributed by atoms with E-state index < -0.39 is 74.6 Å². The van der Waals surface area contributed by atoms with Crippen LogP contribution in [-0.4, -0.2) is 115 Å². The van der Waals surface area contributed by atoms with E-state index in [0.717, 1.165) is 0 Å². The van der Waals surface area contributed by atoms with Crippen LogP contribution in [0.3, 0.4) is 0 Å². The standard InChI is InChI=1S/C12H22O11/c13-1-4(16)7(18)11(5(17)2-14)23-12-10(21)9(20)8(19)6(3-15)22-12/h4-6,8-17,19-21H,1-3H2/t4-,5+,6+,8+,9-,10+,11+,12?/m0/s1. The van der Waals surface area contributed by atoms with Crippen LogP contribution in [0.5, 0.6) is 0 Å². The van der Waals surface area contributed by atoms with Crippen molar-refractivity contribution in [1.82, 2.24) is 0 Å². The van der Waals surface area contributed by atoms with Crippen molar-refractivity contribution in [1.29, 1.82) is 0 Å². The maximum Gasteiger partial charge on any atom is 0.195 e. The molecule has 0 bridgehead atoms. The summed E-state index contributed by atoms with van der Waals surface area (Å²) in [5.41, 5.74) is 0. The van der Waals surface area contributed by atoms with Crippen LogP contribution in [0, 0.1) is 0 Å². The molecule has 11 heteroatoms. The summed E-state index contributed by atoms with van der Waals surface area (Å²) in [6.45, 7) is -2.64. The van der Waals surface area contributed by atoms with Crippen LogP contribution in [0.25, 0.3) is 0 Å². The molecule has 23 heavy (non-hydrogen) atoms. The molecule has 8 N–H and O–H groups in total. The van der Waals surface area contributed by atoms with Crippen molar-refractivity contribution in [2.75, 3.05) is 19.8 Å². The average Bonchev–Trinajstić information content (AvgIpc) is 2.57. The summed E-state index contributed by atoms with van der Waals surface area (Å²) in [5.74, 6) is -1.19. The van der Waals surface area contributed by atoms with E-state index in [1.165, 1.54) is 0 Å². The lowest BCUT2D eigenvalue weighted by molar-refractivity contribution is -0.314. The summed E-state index contributed by atoms with van der Waals surface area (Å²) >= 11 is 0. The van der Waals surface area contributed by atoms with E-state index in [1.807, 2.05) is 0 Å². The maximum atomic E-state index is 11.8. The number of rotatable bonds is 8. The van der Waals surface area contributed by atoms with E-state index >= 15 is 0 Å². The molecule has 1 unspecified atom stereocenters. The fraction of sp³-hybridized carbons (Fsp3) is 0.917. The van der Waals surface area contributed by atoms with E-state index in [4.69, 9.17) is 24.8 Å². The van der Waals surface area contributed by atoms with Crippen molar-refractivity contribution in [3.8, 4) is 0 Å². The van der Waals surface area contributed by atoms with Gasteiger partial charge in [0, 0.05) is 0 Å². The summed E-state index contributed by atoms with van der Waals surface area (Å²) < 4.78 is 10.0. The van der Waals surface area contributed by atoms with Gasteiger partial charge in [-0.1, -0.05) is 0 Å². The highest BCUT2D eigenvalue weighted by Gasteiger charge is 2.46. The zero-order valence-corrected chi connectivity index (χ0v) is 12.0. The van der Waals surface area contributed by atoms with Gasteiger partial charge in [0.1, 0.15) is 42.7 Å². The number of ether oxygens (including phenoxy) is 2. The van der Waals surface area contributed by atoms with E-state index in [-0.39, 0.29) is 0 Å². The quantitative estimate of drug-likeness (QED) is 0.209. The van der Waals surface area contributed by atoms with Gasteiger partial charge < -0.3 is 50.3 Å². The number of carbonyl (C=O) groups is 1. The first-order chi connectivity index (χ1) is 10.8. The minimum atomic E-state index is -1.91. The molecule has 136 valence electrons. The Morgan fingerprint density at radius 3 is 2.09 bits per heavy atom. The third kappa shape index (κ3) is 4.64. The Labute approximate surface area is 130 Å². The molecule has 0 aromatic heterocycles. The number of Topliss-reactive ketones (excluding diaryl/α,β-unsaturated/α-hetero) is 1. The van der Waals surface area contributed by atoms with Crippen LogP contribution in [0.2, 0.25) is 0 Å². The lowest BCUT2D eigenvalue weighted by Crippen LogP contribution is -2.61. The predicted molar refractivity (Wildman–Crippen MR) is 69.8 cm³/mol. The van der Waals surface area contributed by atoms with Crippen molar-refractivity contribution >= 4 is 5.78 Å². The maximum absolute atomic E-state index is 11.8. The highest BCUT2D eigenvalue weighted by molar-refractivity contribution is 5.87. The smallest absolute Gasteiger partial charge is 0.195 e. The first-order valence-electron chi connectivity index (χ1n) is 6.86. The number of aliphatic hydroxyl groups excluding tert-OH is 8. The van der Waals surface area contributed by atoms with Gasteiger partial charge in [-0.25, -0.2) is 0 Å². The van der Waals surface area contributed by atoms with E-state index in [0.29, 0.717) is 0 Å². The van der Waals surface area contributed by atoms with Gasteiger partial charge in [-0.15, -0.1) is 0 Å². The summed E-state index contributed by atoms with van der Waals surface area (Å²) in [7, 11) is 0. The normalized spacial score (nSPS) is 35.6. The Hall–Kier alpha value is -0.730. The molecular formula is C12H22O11. The largest absolute Gasteiger partial charge is 0.394 e. The highest BCUT2D eigenvalue weighted by Crippen LogP contribution is 2.24. The molecule has 1 saturated heterocycles. The van der Waals surface area contributed by atoms with Crippen LogP contribution in [-0.2, 0) is 14.3 Å². The monoisotopic (exact) mass is 342 g/mol. The Balaban J connectivity index is 2.91. The second-order valence-corrected chi connectivity index (χ2v) is 5.10. The fourth-order valence-corrected chi connectivity index (χ4v) is 2.05. The van der Waals surface area contributed by atoms with Crippen LogP contribution in [0.15, 0.2) is 0 Å². The van der Waals surface area contributed by atoms with Crippen molar-refractivity contribution in [2.24, 2.45) is 0 Å². The number of hydrogen-bond acceptors (Lipinski definition) is 11. The lowest BCUT2D eigenvalue weighted by atomic mass is 9.99. The SMILES string of the molecule is O=C([C@@H](O)CO)[C@H](OC1O[C@H](CO)[C@@H](O)[C@H](O)[C@H]1O)[C@H](O)CO. The van der Waals surface area contributed by atoms with Gasteiger partial charge in [-0.3, -0.25) is 4.79 Å². The van der Waals surface area contributed by atoms with Crippen LogP contribution in [0.1, 0.15) is 0 Å². The molecule has 8 atom stereocenters. The van der Waals surface area contributed by atoms with Gasteiger partial charge >= 0.3 is 0 Å². The third-order valence-corrected chi connectivity index (χ3v) is 3.45. The molecule has 0 spiro atoms. The first-order valence-corrected chi connectivity index (χ1v) is 6.86. The van der Waals surface area contributed by atoms with E-state index in [9.17, 15) is 30.3 Å². The van der Waals surface area contributed by atoms with Crippen molar-refractivity contribution in [3.05, 3.63) is 0 Å². The van der Waals surface area contributed by atoms with Gasteiger partial charge in [0.2, 0.25) is 0 Å². The molecule has 0 aromatic carbocycles. The molecule has 0 aliphatic carbocycles. The predicted octanol–water partition coefficient (Wildman–Crippen LogP) is -5.55. The zero-order chi connectivity index (χ0) is 17.7. The summed E-state index contributed by atoms with van der Waals surface area (Å²) in [6, 6.07) is 0. The van der Waals surface area contributed by atoms with Crippen molar-refractivity contribution < 1.29 is 55.1 Å². The molecule has 11 nitrogen and oxygen atoms in total. The minimum Gasteiger partial charge on any atom is -0.394 e. The molecule has 1 heterocycles. The topological polar surface area (TPSA) is 197 Å². The Morgan fingerprint density at radius 1 is 1.00 bits per heavy atom. The van der Waals surface area contributed by atoms with Crippen LogP contribution >= 0.6 is 0 Å². The zero-order valence-electron chi connectivity index (χ0n) is 12.0. The molecule has 1 fully saturated rings. The van der Waals surface area contributed by atoms with Crippen molar-refractivity contribution in [3.63, 3.8) is 0 Å². The highest BCUT2D eigenvalue weighted by atomic mass is 16.7. The van der Waals surface area contributed by atoms with Gasteiger partial charge in [0.25, 0.3) is 0 Å². The molecule has 0 amide bonds. The van der Waals surface area contributed by atoms with Crippen LogP contribution < -0.4 is 0 Å². The summed E-state index contributed by atoms with van der Waals surface area (Å²) in [4.78, 5) is 11.8. The Kier molecular flexibility index (Phi) is 7.89. The number of aliphatic hydroxyl groups is 8. The first kappa shape index (κ1) is 20.3. The Morgan fingerprint density at radius 2 is 1.61 bits per heavy atom. The second-order valence-electron chi connectivity index (χ2n) is 5.10. The summed E-state index contributed by atoms with van der Waals surface area (Å²) in [6.07, 6.45) is -13.9. The molecule has 1 aliphatic rings. The molecule has 0 radical (unpaired) electrons. The molecule has 1 aliphatic heterocycles. The molecule has 0 aromatic rings. The van der Waals surface area contributed by atoms with Crippen LogP contribution in [0.4, 0.5) is 0 Å². The van der Waals surface area contributed by atoms with Gasteiger partial charge in [-0.2, -0.15) is 0 Å². The van der Waals surface area contributed by atoms with E-state index in [2.05, 4.69) is 0 Å². The van der Waals surface area contributed by atoms with Gasteiger partial charge in [0.15, 0.2) is 12.1 Å². The lowest BCUT2D eigenvalue weighted by Gasteiger charge is -2.41. The average molecular weight is 342 g/mol. The van der Waals surface area contributed by atoms with Crippen molar-refractivity contribution in [2.45, 2.75) is 49.0 Å². The fourth-order valence-electron chi connectivity index (χ4n) is 2.05. The van der Waals surface area contributed by atoms with E-state index in [1.54, 1.807) is 0 Å². The number of carbonyl (C=O) groups excluding carboxylic acids is 1. The summed E-state index contributed by atoms with van der Waals surface area (Å²) in [5, 5.41) is 74.7. The minimum absolute atomic E-state index is 0.731. The molecule has 0 saturated carbocycles.